The molecule has 0 saturated carbocycles. The molecule has 0 bridgehead atoms. The molecule has 0 radical (unpaired) electrons. The number of ether oxygens (including phenoxy) is 1. The van der Waals surface area contributed by atoms with E-state index >= 15 is 0 Å². The van der Waals surface area contributed by atoms with E-state index in [0.29, 0.717) is 11.8 Å². The molecule has 128 valence electrons. The molecule has 0 aliphatic carbocycles. The van der Waals surface area contributed by atoms with Crippen LogP contribution in [0.4, 0.5) is 5.69 Å². The molecular formula is C18H17N3O3S. The molecule has 6 nitrogen and oxygen atoms in total. The fourth-order valence-corrected chi connectivity index (χ4v) is 2.99. The molecule has 0 fully saturated rings. The first-order chi connectivity index (χ1) is 12.2. The molecule has 7 heteroatoms. The molecule has 3 rings (SSSR count). The van der Waals surface area contributed by atoms with E-state index in [0.717, 1.165) is 16.5 Å². The van der Waals surface area contributed by atoms with Crippen LogP contribution in [-0.2, 0) is 9.53 Å². The van der Waals surface area contributed by atoms with Crippen molar-refractivity contribution in [2.24, 2.45) is 0 Å². The van der Waals surface area contributed by atoms with E-state index in [2.05, 4.69) is 15.3 Å². The molecule has 1 amide bonds. The molecule has 0 aliphatic heterocycles. The zero-order valence-electron chi connectivity index (χ0n) is 13.6. The van der Waals surface area contributed by atoms with E-state index < -0.39 is 5.97 Å². The Morgan fingerprint density at radius 3 is 2.84 bits per heavy atom. The highest BCUT2D eigenvalue weighted by Gasteiger charge is 2.12. The van der Waals surface area contributed by atoms with Gasteiger partial charge in [0.15, 0.2) is 5.16 Å². The number of fused-ring (bicyclic) bond motifs is 1. The van der Waals surface area contributed by atoms with Crippen LogP contribution in [0.5, 0.6) is 0 Å². The van der Waals surface area contributed by atoms with Crippen LogP contribution in [0.25, 0.3) is 10.8 Å². The van der Waals surface area contributed by atoms with Gasteiger partial charge in [-0.1, -0.05) is 48.2 Å². The van der Waals surface area contributed by atoms with Crippen LogP contribution in [0.3, 0.4) is 0 Å². The molecule has 0 aliphatic rings. The highest BCUT2D eigenvalue weighted by molar-refractivity contribution is 7.99. The minimum absolute atomic E-state index is 0.143. The Kier molecular flexibility index (Phi) is 5.35. The fraction of sp³-hybridized carbons (Fsp3) is 0.167. The third kappa shape index (κ3) is 4.19. The lowest BCUT2D eigenvalue weighted by Crippen LogP contribution is -2.14. The number of anilines is 1. The third-order valence-corrected chi connectivity index (χ3v) is 4.34. The normalized spacial score (nSPS) is 10.6. The number of hydrogen-bond acceptors (Lipinski definition) is 5. The summed E-state index contributed by atoms with van der Waals surface area (Å²) in [6, 6.07) is 13.6. The summed E-state index contributed by atoms with van der Waals surface area (Å²) in [5.74, 6) is -0.420. The van der Waals surface area contributed by atoms with Crippen molar-refractivity contribution in [2.45, 2.75) is 12.1 Å². The van der Waals surface area contributed by atoms with E-state index in [1.165, 1.54) is 18.0 Å². The van der Waals surface area contributed by atoms with Gasteiger partial charge in [-0.05, 0) is 18.4 Å². The fourth-order valence-electron chi connectivity index (χ4n) is 2.34. The predicted molar refractivity (Wildman–Crippen MR) is 97.8 cm³/mol. The molecular weight excluding hydrogens is 338 g/mol. The molecule has 0 unspecified atom stereocenters. The van der Waals surface area contributed by atoms with Crippen molar-refractivity contribution in [2.75, 3.05) is 17.7 Å². The summed E-state index contributed by atoms with van der Waals surface area (Å²) in [5, 5.41) is 5.47. The molecule has 1 heterocycles. The Labute approximate surface area is 149 Å². The molecule has 1 aromatic heterocycles. The van der Waals surface area contributed by atoms with E-state index in [4.69, 9.17) is 4.74 Å². The number of rotatable bonds is 6. The summed E-state index contributed by atoms with van der Waals surface area (Å²) in [6.45, 7) is 2.04. The summed E-state index contributed by atoms with van der Waals surface area (Å²) < 4.78 is 4.89. The maximum absolute atomic E-state index is 12.2. The molecule has 0 saturated heterocycles. The predicted octanol–water partition coefficient (Wildman–Crippen LogP) is 3.47. The van der Waals surface area contributed by atoms with E-state index in [1.54, 1.807) is 6.92 Å². The summed E-state index contributed by atoms with van der Waals surface area (Å²) in [6.07, 6.45) is 1.41. The number of hydrogen-bond donors (Lipinski definition) is 2. The van der Waals surface area contributed by atoms with Crippen molar-refractivity contribution in [1.29, 1.82) is 0 Å². The molecule has 0 spiro atoms. The Morgan fingerprint density at radius 1 is 1.20 bits per heavy atom. The van der Waals surface area contributed by atoms with Crippen LogP contribution >= 0.6 is 11.8 Å². The Hall–Kier alpha value is -2.80. The van der Waals surface area contributed by atoms with Gasteiger partial charge in [0, 0.05) is 11.1 Å². The maximum Gasteiger partial charge on any atom is 0.356 e. The first kappa shape index (κ1) is 17.0. The number of H-pyrrole nitrogens is 1. The molecule has 3 aromatic rings. The summed E-state index contributed by atoms with van der Waals surface area (Å²) >= 11 is 1.22. The van der Waals surface area contributed by atoms with Crippen LogP contribution in [0.2, 0.25) is 0 Å². The zero-order valence-corrected chi connectivity index (χ0v) is 14.4. The lowest BCUT2D eigenvalue weighted by atomic mass is 10.1. The quantitative estimate of drug-likeness (QED) is 0.522. The number of aromatic amines is 1. The van der Waals surface area contributed by atoms with Gasteiger partial charge >= 0.3 is 5.97 Å². The lowest BCUT2D eigenvalue weighted by Gasteiger charge is -2.08. The van der Waals surface area contributed by atoms with Gasteiger partial charge in [0.2, 0.25) is 5.91 Å². The number of benzene rings is 2. The van der Waals surface area contributed by atoms with Crippen molar-refractivity contribution < 1.29 is 14.3 Å². The van der Waals surface area contributed by atoms with Gasteiger partial charge in [-0.3, -0.25) is 4.79 Å². The largest absolute Gasteiger partial charge is 0.461 e. The number of aromatic nitrogens is 2. The SMILES string of the molecule is CCOC(=O)c1cnc(SCC(=O)Nc2cccc3ccccc23)[nH]1. The number of thioether (sulfide) groups is 1. The van der Waals surface area contributed by atoms with Gasteiger partial charge in [0.25, 0.3) is 0 Å². The number of carbonyl (C=O) groups excluding carboxylic acids is 2. The Balaban J connectivity index is 1.60. The summed E-state index contributed by atoms with van der Waals surface area (Å²) in [5.41, 5.74) is 1.05. The van der Waals surface area contributed by atoms with Crippen LogP contribution < -0.4 is 5.32 Å². The van der Waals surface area contributed by atoms with Crippen molar-refractivity contribution in [3.63, 3.8) is 0 Å². The highest BCUT2D eigenvalue weighted by Crippen LogP contribution is 2.23. The first-order valence-electron chi connectivity index (χ1n) is 7.80. The van der Waals surface area contributed by atoms with Crippen molar-refractivity contribution >= 4 is 40.1 Å². The van der Waals surface area contributed by atoms with Gasteiger partial charge in [-0.2, -0.15) is 0 Å². The average Bonchev–Trinajstić information content (AvgIpc) is 3.10. The highest BCUT2D eigenvalue weighted by atomic mass is 32.2. The number of imidazole rings is 1. The topological polar surface area (TPSA) is 84.1 Å². The van der Waals surface area contributed by atoms with E-state index in [1.807, 2.05) is 42.5 Å². The number of nitrogens with one attached hydrogen (secondary N) is 2. The second kappa shape index (κ2) is 7.85. The molecule has 25 heavy (non-hydrogen) atoms. The van der Waals surface area contributed by atoms with Gasteiger partial charge < -0.3 is 15.0 Å². The minimum atomic E-state index is -0.456. The van der Waals surface area contributed by atoms with Crippen molar-refractivity contribution in [1.82, 2.24) is 9.97 Å². The maximum atomic E-state index is 12.2. The van der Waals surface area contributed by atoms with Crippen LogP contribution in [-0.4, -0.2) is 34.2 Å². The lowest BCUT2D eigenvalue weighted by molar-refractivity contribution is -0.113. The summed E-state index contributed by atoms with van der Waals surface area (Å²) in [4.78, 5) is 30.7. The smallest absolute Gasteiger partial charge is 0.356 e. The van der Waals surface area contributed by atoms with Crippen LogP contribution in [0.1, 0.15) is 17.4 Å². The zero-order chi connectivity index (χ0) is 17.6. The number of esters is 1. The van der Waals surface area contributed by atoms with Crippen LogP contribution in [0.15, 0.2) is 53.8 Å². The Morgan fingerprint density at radius 2 is 2.00 bits per heavy atom. The number of carbonyl (C=O) groups is 2. The van der Waals surface area contributed by atoms with Gasteiger partial charge in [0.1, 0.15) is 5.69 Å². The monoisotopic (exact) mass is 355 g/mol. The minimum Gasteiger partial charge on any atom is -0.461 e. The Bertz CT molecular complexity index is 902. The first-order valence-corrected chi connectivity index (χ1v) is 8.78. The van der Waals surface area contributed by atoms with E-state index in [9.17, 15) is 9.59 Å². The van der Waals surface area contributed by atoms with Crippen molar-refractivity contribution in [3.8, 4) is 0 Å². The summed E-state index contributed by atoms with van der Waals surface area (Å²) in [7, 11) is 0. The average molecular weight is 355 g/mol. The van der Waals surface area contributed by atoms with Gasteiger partial charge in [-0.25, -0.2) is 9.78 Å². The second-order valence-electron chi connectivity index (χ2n) is 5.19. The standard InChI is InChI=1S/C18H17N3O3S/c1-2-24-17(23)15-10-19-18(21-15)25-11-16(22)20-14-9-5-7-12-6-3-4-8-13(12)14/h3-10H,2,11H2,1H3,(H,19,21)(H,20,22). The molecule has 2 aromatic carbocycles. The van der Waals surface area contributed by atoms with Gasteiger partial charge in [0.05, 0.1) is 18.6 Å². The van der Waals surface area contributed by atoms with Gasteiger partial charge in [-0.15, -0.1) is 0 Å². The third-order valence-electron chi connectivity index (χ3n) is 3.45. The second-order valence-corrected chi connectivity index (χ2v) is 6.15. The van der Waals surface area contributed by atoms with Crippen molar-refractivity contribution in [3.05, 3.63) is 54.4 Å². The number of nitrogens with zero attached hydrogens (tertiary/aromatic N) is 1. The number of amides is 1. The molecule has 2 N–H and O–H groups in total. The molecule has 0 atom stereocenters. The van der Waals surface area contributed by atoms with Crippen LogP contribution in [0, 0.1) is 0 Å². The van der Waals surface area contributed by atoms with E-state index in [-0.39, 0.29) is 17.4 Å².